The minimum absolute atomic E-state index is 0.00927. The van der Waals surface area contributed by atoms with Gasteiger partial charge in [-0.3, -0.25) is 9.59 Å². The van der Waals surface area contributed by atoms with Gasteiger partial charge in [-0.25, -0.2) is 0 Å². The summed E-state index contributed by atoms with van der Waals surface area (Å²) in [5.41, 5.74) is 0.171. The molecule has 3 rings (SSSR count). The first kappa shape index (κ1) is 14.3. The number of hydrogen-bond acceptors (Lipinski definition) is 4. The van der Waals surface area contributed by atoms with Gasteiger partial charge in [-0.05, 0) is 25.5 Å². The van der Waals surface area contributed by atoms with E-state index in [-0.39, 0.29) is 30.7 Å². The Balaban J connectivity index is 1.73. The van der Waals surface area contributed by atoms with E-state index in [4.69, 9.17) is 4.74 Å². The van der Waals surface area contributed by atoms with E-state index in [2.05, 4.69) is 11.9 Å². The lowest BCUT2D eigenvalue weighted by molar-refractivity contribution is -0.165. The lowest BCUT2D eigenvalue weighted by atomic mass is 9.63. The molecule has 21 heavy (non-hydrogen) atoms. The molecule has 4 nitrogen and oxygen atoms in total. The number of Topliss-reactive ketones (excluding diaryl/α,β-unsaturated/α-hetero) is 1. The molecule has 0 radical (unpaired) electrons. The third kappa shape index (κ3) is 2.72. The molecule has 2 fully saturated rings. The second kappa shape index (κ2) is 5.60. The van der Waals surface area contributed by atoms with E-state index in [9.17, 15) is 9.59 Å². The van der Waals surface area contributed by atoms with Gasteiger partial charge in [0.1, 0.15) is 17.3 Å². The van der Waals surface area contributed by atoms with Crippen molar-refractivity contribution in [2.75, 3.05) is 20.1 Å². The molecule has 0 unspecified atom stereocenters. The molecule has 1 saturated carbocycles. The highest BCUT2D eigenvalue weighted by molar-refractivity contribution is 6.02. The molecule has 0 atom stereocenters. The van der Waals surface area contributed by atoms with Crippen molar-refractivity contribution < 1.29 is 14.3 Å². The van der Waals surface area contributed by atoms with Crippen molar-refractivity contribution in [2.45, 2.75) is 37.2 Å². The Morgan fingerprint density at radius 2 is 1.81 bits per heavy atom. The van der Waals surface area contributed by atoms with Crippen LogP contribution in [0.5, 0.6) is 0 Å². The molecule has 1 heterocycles. The first-order valence-corrected chi connectivity index (χ1v) is 7.57. The van der Waals surface area contributed by atoms with Crippen LogP contribution < -0.4 is 0 Å². The zero-order chi connectivity index (χ0) is 14.9. The zero-order valence-corrected chi connectivity index (χ0v) is 12.4. The molecule has 112 valence electrons. The van der Waals surface area contributed by atoms with E-state index in [1.165, 1.54) is 0 Å². The van der Waals surface area contributed by atoms with Gasteiger partial charge >= 0.3 is 5.97 Å². The fourth-order valence-electron chi connectivity index (χ4n) is 3.21. The van der Waals surface area contributed by atoms with Gasteiger partial charge in [0.15, 0.2) is 0 Å². The molecule has 0 aromatic heterocycles. The number of nitrogens with zero attached hydrogens (tertiary/aromatic N) is 1. The number of rotatable bonds is 3. The van der Waals surface area contributed by atoms with Crippen molar-refractivity contribution in [1.29, 1.82) is 0 Å². The first-order valence-electron chi connectivity index (χ1n) is 7.57. The maximum Gasteiger partial charge on any atom is 0.317 e. The van der Waals surface area contributed by atoms with Gasteiger partial charge in [0.05, 0.1) is 0 Å². The SMILES string of the molecule is CN1CCC(OC(=O)C2(c3ccccc3)CC(=O)C2)CC1. The van der Waals surface area contributed by atoms with Crippen LogP contribution in [0.3, 0.4) is 0 Å². The molecular weight excluding hydrogens is 266 g/mol. The van der Waals surface area contributed by atoms with Crippen LogP contribution in [0.1, 0.15) is 31.2 Å². The standard InChI is InChI=1S/C17H21NO3/c1-18-9-7-15(8-10-18)21-16(20)17(11-14(19)12-17)13-5-3-2-4-6-13/h2-6,15H,7-12H2,1H3. The number of piperidine rings is 1. The van der Waals surface area contributed by atoms with E-state index in [0.717, 1.165) is 31.5 Å². The number of ether oxygens (including phenoxy) is 1. The van der Waals surface area contributed by atoms with Gasteiger partial charge in [0, 0.05) is 25.9 Å². The van der Waals surface area contributed by atoms with Crippen molar-refractivity contribution in [3.63, 3.8) is 0 Å². The Morgan fingerprint density at radius 1 is 1.19 bits per heavy atom. The van der Waals surface area contributed by atoms with Crippen molar-refractivity contribution in [2.24, 2.45) is 0 Å². The molecular formula is C17H21NO3. The average molecular weight is 287 g/mol. The summed E-state index contributed by atoms with van der Waals surface area (Å²) in [5, 5.41) is 0. The smallest absolute Gasteiger partial charge is 0.317 e. The molecule has 0 N–H and O–H groups in total. The normalized spacial score (nSPS) is 22.6. The van der Waals surface area contributed by atoms with E-state index < -0.39 is 5.41 Å². The molecule has 0 bridgehead atoms. The Hall–Kier alpha value is -1.68. The maximum atomic E-state index is 12.7. The lowest BCUT2D eigenvalue weighted by Crippen LogP contribution is -2.50. The number of carbonyl (C=O) groups excluding carboxylic acids is 2. The van der Waals surface area contributed by atoms with E-state index in [1.54, 1.807) is 0 Å². The van der Waals surface area contributed by atoms with Crippen molar-refractivity contribution in [3.8, 4) is 0 Å². The second-order valence-electron chi connectivity index (χ2n) is 6.25. The van der Waals surface area contributed by atoms with Crippen LogP contribution in [0.4, 0.5) is 0 Å². The summed E-state index contributed by atoms with van der Waals surface area (Å²) in [6.45, 7) is 1.91. The Bertz CT molecular complexity index is 524. The number of carbonyl (C=O) groups is 2. The molecule has 1 aromatic rings. The summed E-state index contributed by atoms with van der Waals surface area (Å²) in [6.07, 6.45) is 2.30. The quantitative estimate of drug-likeness (QED) is 0.797. The van der Waals surface area contributed by atoms with Gasteiger partial charge in [-0.2, -0.15) is 0 Å². The Labute approximate surface area is 125 Å². The molecule has 0 amide bonds. The molecule has 1 aromatic carbocycles. The van der Waals surface area contributed by atoms with Crippen LogP contribution >= 0.6 is 0 Å². The molecule has 1 saturated heterocycles. The highest BCUT2D eigenvalue weighted by Gasteiger charge is 2.52. The highest BCUT2D eigenvalue weighted by Crippen LogP contribution is 2.42. The topological polar surface area (TPSA) is 46.6 Å². The van der Waals surface area contributed by atoms with Gasteiger partial charge in [-0.1, -0.05) is 30.3 Å². The zero-order valence-electron chi connectivity index (χ0n) is 12.4. The summed E-state index contributed by atoms with van der Waals surface area (Å²) < 4.78 is 5.73. The van der Waals surface area contributed by atoms with Crippen molar-refractivity contribution >= 4 is 11.8 Å². The van der Waals surface area contributed by atoms with Gasteiger partial charge in [0.25, 0.3) is 0 Å². The summed E-state index contributed by atoms with van der Waals surface area (Å²) in [7, 11) is 2.08. The fourth-order valence-corrected chi connectivity index (χ4v) is 3.21. The van der Waals surface area contributed by atoms with Crippen LogP contribution in [0.25, 0.3) is 0 Å². The lowest BCUT2D eigenvalue weighted by Gasteiger charge is -2.40. The predicted molar refractivity (Wildman–Crippen MR) is 79.0 cm³/mol. The number of likely N-dealkylation sites (tertiary alicyclic amines) is 1. The largest absolute Gasteiger partial charge is 0.462 e. The van der Waals surface area contributed by atoms with Crippen LogP contribution in [-0.4, -0.2) is 42.9 Å². The van der Waals surface area contributed by atoms with Crippen LogP contribution in [0.2, 0.25) is 0 Å². The van der Waals surface area contributed by atoms with Crippen molar-refractivity contribution in [1.82, 2.24) is 4.90 Å². The summed E-state index contributed by atoms with van der Waals surface area (Å²) in [6, 6.07) is 9.57. The van der Waals surface area contributed by atoms with Crippen LogP contribution in [-0.2, 0) is 19.7 Å². The molecule has 4 heteroatoms. The second-order valence-corrected chi connectivity index (χ2v) is 6.25. The predicted octanol–water partition coefficient (Wildman–Crippen LogP) is 1.92. The van der Waals surface area contributed by atoms with Gasteiger partial charge in [-0.15, -0.1) is 0 Å². The number of hydrogen-bond donors (Lipinski definition) is 0. The third-order valence-electron chi connectivity index (χ3n) is 4.65. The number of ketones is 1. The summed E-state index contributed by atoms with van der Waals surface area (Å²) >= 11 is 0. The van der Waals surface area contributed by atoms with E-state index >= 15 is 0 Å². The highest BCUT2D eigenvalue weighted by atomic mass is 16.5. The van der Waals surface area contributed by atoms with E-state index in [0.29, 0.717) is 0 Å². The third-order valence-corrected chi connectivity index (χ3v) is 4.65. The first-order chi connectivity index (χ1) is 10.1. The fraction of sp³-hybridized carbons (Fsp3) is 0.529. The molecule has 1 aliphatic carbocycles. The minimum atomic E-state index is -0.734. The van der Waals surface area contributed by atoms with Gasteiger partial charge in [0.2, 0.25) is 0 Å². The Morgan fingerprint density at radius 3 is 2.38 bits per heavy atom. The average Bonchev–Trinajstić information content (AvgIpc) is 2.47. The Kier molecular flexibility index (Phi) is 3.81. The maximum absolute atomic E-state index is 12.7. The van der Waals surface area contributed by atoms with Crippen LogP contribution in [0, 0.1) is 0 Å². The number of benzene rings is 1. The number of esters is 1. The van der Waals surface area contributed by atoms with Crippen LogP contribution in [0.15, 0.2) is 30.3 Å². The van der Waals surface area contributed by atoms with Gasteiger partial charge < -0.3 is 9.64 Å². The molecule has 0 spiro atoms. The molecule has 1 aliphatic heterocycles. The summed E-state index contributed by atoms with van der Waals surface area (Å²) in [4.78, 5) is 26.4. The molecule has 2 aliphatic rings. The van der Waals surface area contributed by atoms with E-state index in [1.807, 2.05) is 30.3 Å². The minimum Gasteiger partial charge on any atom is -0.462 e. The monoisotopic (exact) mass is 287 g/mol. The summed E-state index contributed by atoms with van der Waals surface area (Å²) in [5.74, 6) is -0.0815. The van der Waals surface area contributed by atoms with Crippen molar-refractivity contribution in [3.05, 3.63) is 35.9 Å².